The van der Waals surface area contributed by atoms with Crippen LogP contribution in [0.3, 0.4) is 0 Å². The lowest BCUT2D eigenvalue weighted by molar-refractivity contribution is 0.143. The number of aromatic amines is 1. The number of nitrogens with one attached hydrogen (secondary N) is 2. The molecule has 3 rings (SSSR count). The molecule has 2 heterocycles. The zero-order valence-corrected chi connectivity index (χ0v) is 14.4. The highest BCUT2D eigenvalue weighted by molar-refractivity contribution is 5.83. The van der Waals surface area contributed by atoms with E-state index in [4.69, 9.17) is 4.74 Å². The Morgan fingerprint density at radius 1 is 1.33 bits per heavy atom. The molecule has 1 fully saturated rings. The predicted molar refractivity (Wildman–Crippen MR) is 96.4 cm³/mol. The minimum absolute atomic E-state index is 0.0591. The number of para-hydroxylation sites is 1. The number of aromatic nitrogens is 1. The molecule has 0 atom stereocenters. The summed E-state index contributed by atoms with van der Waals surface area (Å²) in [6.45, 7) is 5.75. The number of carbonyl (C=O) groups excluding carboxylic acids is 1. The summed E-state index contributed by atoms with van der Waals surface area (Å²) >= 11 is 0. The number of H-pyrrole nitrogens is 1. The number of hydrogen-bond donors (Lipinski definition) is 2. The molecular weight excluding hydrogens is 302 g/mol. The molecule has 130 valence electrons. The van der Waals surface area contributed by atoms with Gasteiger partial charge in [0, 0.05) is 49.9 Å². The van der Waals surface area contributed by atoms with Crippen LogP contribution in [0.15, 0.2) is 30.5 Å². The molecule has 5 nitrogen and oxygen atoms in total. The fourth-order valence-corrected chi connectivity index (χ4v) is 3.45. The first kappa shape index (κ1) is 16.8. The van der Waals surface area contributed by atoms with E-state index in [1.807, 2.05) is 11.8 Å². The number of fused-ring (bicyclic) bond motifs is 1. The van der Waals surface area contributed by atoms with Crippen molar-refractivity contribution in [3.8, 4) is 0 Å². The van der Waals surface area contributed by atoms with Gasteiger partial charge in [-0.25, -0.2) is 4.79 Å². The van der Waals surface area contributed by atoms with Crippen molar-refractivity contribution in [3.05, 3.63) is 36.0 Å². The molecule has 1 aromatic carbocycles. The van der Waals surface area contributed by atoms with Gasteiger partial charge in [-0.2, -0.15) is 0 Å². The molecule has 1 aliphatic rings. The summed E-state index contributed by atoms with van der Waals surface area (Å²) in [6.07, 6.45) is 5.05. The van der Waals surface area contributed by atoms with Crippen molar-refractivity contribution in [2.24, 2.45) is 0 Å². The van der Waals surface area contributed by atoms with E-state index in [0.717, 1.165) is 39.0 Å². The van der Waals surface area contributed by atoms with Crippen molar-refractivity contribution in [1.29, 1.82) is 0 Å². The summed E-state index contributed by atoms with van der Waals surface area (Å²) in [5, 5.41) is 4.31. The second kappa shape index (κ2) is 8.20. The van der Waals surface area contributed by atoms with Crippen molar-refractivity contribution in [3.63, 3.8) is 0 Å². The Morgan fingerprint density at radius 3 is 2.92 bits per heavy atom. The highest BCUT2D eigenvalue weighted by atomic mass is 16.5. The maximum Gasteiger partial charge on any atom is 0.317 e. The largest absolute Gasteiger partial charge is 0.382 e. The van der Waals surface area contributed by atoms with E-state index in [9.17, 15) is 4.79 Å². The van der Waals surface area contributed by atoms with Gasteiger partial charge in [-0.3, -0.25) is 0 Å². The molecule has 5 heteroatoms. The number of rotatable bonds is 6. The molecule has 0 saturated carbocycles. The number of piperidine rings is 1. The Kier molecular flexibility index (Phi) is 5.75. The van der Waals surface area contributed by atoms with Crippen LogP contribution in [-0.4, -0.2) is 48.8 Å². The normalized spacial score (nSPS) is 15.8. The van der Waals surface area contributed by atoms with Crippen molar-refractivity contribution in [2.75, 3.05) is 32.8 Å². The summed E-state index contributed by atoms with van der Waals surface area (Å²) in [5.41, 5.74) is 2.59. The molecular formula is C19H27N3O2. The standard InChI is InChI=1S/C19H27N3O2/c1-2-24-13-5-10-20-19(23)22-11-8-15(9-12-22)17-14-21-18-7-4-3-6-16(17)18/h3-4,6-7,14-15,21H,2,5,8-13H2,1H3,(H,20,23). The van der Waals surface area contributed by atoms with Crippen LogP contribution in [-0.2, 0) is 4.74 Å². The summed E-state index contributed by atoms with van der Waals surface area (Å²) < 4.78 is 5.28. The highest BCUT2D eigenvalue weighted by Crippen LogP contribution is 2.32. The number of hydrogen-bond acceptors (Lipinski definition) is 2. The van der Waals surface area contributed by atoms with E-state index >= 15 is 0 Å². The van der Waals surface area contributed by atoms with Gasteiger partial charge in [0.05, 0.1) is 0 Å². The van der Waals surface area contributed by atoms with Crippen molar-refractivity contribution < 1.29 is 9.53 Å². The van der Waals surface area contributed by atoms with Crippen molar-refractivity contribution >= 4 is 16.9 Å². The molecule has 24 heavy (non-hydrogen) atoms. The second-order valence-electron chi connectivity index (χ2n) is 6.33. The lowest BCUT2D eigenvalue weighted by atomic mass is 9.89. The van der Waals surface area contributed by atoms with E-state index in [2.05, 4.69) is 40.8 Å². The Hall–Kier alpha value is -2.01. The average molecular weight is 329 g/mol. The Bertz CT molecular complexity index is 659. The minimum atomic E-state index is 0.0591. The summed E-state index contributed by atoms with van der Waals surface area (Å²) in [6, 6.07) is 8.50. The number of urea groups is 1. The van der Waals surface area contributed by atoms with E-state index in [1.54, 1.807) is 0 Å². The summed E-state index contributed by atoms with van der Waals surface area (Å²) in [5.74, 6) is 0.531. The lowest BCUT2D eigenvalue weighted by Crippen LogP contribution is -2.44. The first-order valence-electron chi connectivity index (χ1n) is 8.96. The lowest BCUT2D eigenvalue weighted by Gasteiger charge is -2.32. The number of carbonyl (C=O) groups is 1. The average Bonchev–Trinajstić information content (AvgIpc) is 3.05. The molecule has 0 radical (unpaired) electrons. The monoisotopic (exact) mass is 329 g/mol. The Labute approximate surface area is 143 Å². The Balaban J connectivity index is 1.48. The van der Waals surface area contributed by atoms with Crippen LogP contribution in [0, 0.1) is 0 Å². The maximum atomic E-state index is 12.2. The van der Waals surface area contributed by atoms with Gasteiger partial charge in [0.25, 0.3) is 0 Å². The van der Waals surface area contributed by atoms with E-state index in [0.29, 0.717) is 19.1 Å². The third-order valence-corrected chi connectivity index (χ3v) is 4.79. The van der Waals surface area contributed by atoms with Gasteiger partial charge in [-0.05, 0) is 43.7 Å². The van der Waals surface area contributed by atoms with Gasteiger partial charge in [-0.15, -0.1) is 0 Å². The van der Waals surface area contributed by atoms with E-state index < -0.39 is 0 Å². The van der Waals surface area contributed by atoms with Crippen LogP contribution in [0.4, 0.5) is 4.79 Å². The summed E-state index contributed by atoms with van der Waals surface area (Å²) in [7, 11) is 0. The van der Waals surface area contributed by atoms with E-state index in [-0.39, 0.29) is 6.03 Å². The first-order chi connectivity index (χ1) is 11.8. The van der Waals surface area contributed by atoms with Gasteiger partial charge in [-0.1, -0.05) is 18.2 Å². The van der Waals surface area contributed by atoms with Crippen LogP contribution in [0.5, 0.6) is 0 Å². The molecule has 2 aromatic rings. The highest BCUT2D eigenvalue weighted by Gasteiger charge is 2.25. The zero-order valence-electron chi connectivity index (χ0n) is 14.4. The van der Waals surface area contributed by atoms with E-state index in [1.165, 1.54) is 16.5 Å². The first-order valence-corrected chi connectivity index (χ1v) is 8.96. The molecule has 1 aliphatic heterocycles. The number of amides is 2. The fourth-order valence-electron chi connectivity index (χ4n) is 3.45. The molecule has 0 unspecified atom stereocenters. The van der Waals surface area contributed by atoms with Crippen molar-refractivity contribution in [2.45, 2.75) is 32.1 Å². The zero-order chi connectivity index (χ0) is 16.8. The topological polar surface area (TPSA) is 57.4 Å². The molecule has 1 aromatic heterocycles. The van der Waals surface area contributed by atoms with Crippen LogP contribution in [0.1, 0.15) is 37.7 Å². The molecule has 0 bridgehead atoms. The number of benzene rings is 1. The third-order valence-electron chi connectivity index (χ3n) is 4.79. The molecule has 0 aliphatic carbocycles. The SMILES string of the molecule is CCOCCCNC(=O)N1CCC(c2c[nH]c3ccccc23)CC1. The molecule has 2 N–H and O–H groups in total. The van der Waals surface area contributed by atoms with Gasteiger partial charge >= 0.3 is 6.03 Å². The molecule has 2 amide bonds. The van der Waals surface area contributed by atoms with Crippen LogP contribution in [0.2, 0.25) is 0 Å². The van der Waals surface area contributed by atoms with Crippen LogP contribution >= 0.6 is 0 Å². The minimum Gasteiger partial charge on any atom is -0.382 e. The van der Waals surface area contributed by atoms with Crippen molar-refractivity contribution in [1.82, 2.24) is 15.2 Å². The fraction of sp³-hybridized carbons (Fsp3) is 0.526. The maximum absolute atomic E-state index is 12.2. The Morgan fingerprint density at radius 2 is 2.12 bits per heavy atom. The quantitative estimate of drug-likeness (QED) is 0.797. The third kappa shape index (κ3) is 3.90. The smallest absolute Gasteiger partial charge is 0.317 e. The predicted octanol–water partition coefficient (Wildman–Crippen LogP) is 3.48. The van der Waals surface area contributed by atoms with Crippen LogP contribution < -0.4 is 5.32 Å². The second-order valence-corrected chi connectivity index (χ2v) is 6.33. The van der Waals surface area contributed by atoms with Gasteiger partial charge in [0.2, 0.25) is 0 Å². The number of likely N-dealkylation sites (tertiary alicyclic amines) is 1. The molecule has 0 spiro atoms. The molecule has 1 saturated heterocycles. The van der Waals surface area contributed by atoms with Crippen LogP contribution in [0.25, 0.3) is 10.9 Å². The number of ether oxygens (including phenoxy) is 1. The van der Waals surface area contributed by atoms with Gasteiger partial charge < -0.3 is 19.9 Å². The van der Waals surface area contributed by atoms with Gasteiger partial charge in [0.15, 0.2) is 0 Å². The summed E-state index contributed by atoms with van der Waals surface area (Å²) in [4.78, 5) is 17.5. The van der Waals surface area contributed by atoms with Gasteiger partial charge in [0.1, 0.15) is 0 Å². The number of nitrogens with zero attached hydrogens (tertiary/aromatic N) is 1.